The molecule has 1 aromatic rings. The van der Waals surface area contributed by atoms with Gasteiger partial charge in [0.05, 0.1) is 16.4 Å². The summed E-state index contributed by atoms with van der Waals surface area (Å²) in [7, 11) is 0. The number of benzene rings is 1. The lowest BCUT2D eigenvalue weighted by Crippen LogP contribution is -2.35. The van der Waals surface area contributed by atoms with Gasteiger partial charge >= 0.3 is 5.97 Å². The Hall–Kier alpha value is -1.86. The molecular weight excluding hydrogens is 455 g/mol. The Morgan fingerprint density at radius 2 is 1.96 bits per heavy atom. The number of rotatable bonds is 5. The molecule has 0 aromatic heterocycles. The maximum atomic E-state index is 11.9. The van der Waals surface area contributed by atoms with Gasteiger partial charge in [-0.1, -0.05) is 22.6 Å². The van der Waals surface area contributed by atoms with Crippen LogP contribution in [0.3, 0.4) is 0 Å². The molecule has 1 aliphatic heterocycles. The number of carbonyl (C=O) groups is 4. The molecule has 3 amide bonds. The Morgan fingerprint density at radius 3 is 2.46 bits per heavy atom. The minimum absolute atomic E-state index is 0.0229. The van der Waals surface area contributed by atoms with Crippen LogP contribution in [0.2, 0.25) is 0 Å². The average Bonchev–Trinajstić information content (AvgIpc) is 2.83. The summed E-state index contributed by atoms with van der Waals surface area (Å²) < 4.78 is 21.9. The SMILES string of the molecule is O=C(CI)Nc1ccc(C(=O)ON2C(=O)CC(S(=O)[O-])C2=O)cc1. The Balaban J connectivity index is 2.05. The molecule has 0 bridgehead atoms. The third-order valence-corrected chi connectivity index (χ3v) is 4.52. The van der Waals surface area contributed by atoms with Gasteiger partial charge in [0.2, 0.25) is 5.91 Å². The number of hydrogen-bond acceptors (Lipinski definition) is 7. The van der Waals surface area contributed by atoms with E-state index in [1.165, 1.54) is 24.3 Å². The number of halogens is 1. The zero-order chi connectivity index (χ0) is 17.9. The van der Waals surface area contributed by atoms with Crippen molar-refractivity contribution >= 4 is 63.0 Å². The van der Waals surface area contributed by atoms with Crippen LogP contribution in [0.1, 0.15) is 16.8 Å². The number of hydroxylamine groups is 2. The van der Waals surface area contributed by atoms with Gasteiger partial charge in [-0.25, -0.2) is 4.79 Å². The summed E-state index contributed by atoms with van der Waals surface area (Å²) in [5.74, 6) is -3.22. The molecular formula is C13H10IN2O7S-. The summed E-state index contributed by atoms with van der Waals surface area (Å²) in [5, 5.41) is 1.19. The van der Waals surface area contributed by atoms with Crippen molar-refractivity contribution in [2.45, 2.75) is 11.7 Å². The van der Waals surface area contributed by atoms with Gasteiger partial charge in [0.15, 0.2) is 0 Å². The lowest BCUT2D eigenvalue weighted by Gasteiger charge is -2.14. The molecule has 1 N–H and O–H groups in total. The fraction of sp³-hybridized carbons (Fsp3) is 0.231. The van der Waals surface area contributed by atoms with Crippen molar-refractivity contribution in [2.24, 2.45) is 0 Å². The van der Waals surface area contributed by atoms with Crippen LogP contribution < -0.4 is 5.32 Å². The van der Waals surface area contributed by atoms with Crippen molar-refractivity contribution in [1.82, 2.24) is 5.06 Å². The Morgan fingerprint density at radius 1 is 1.33 bits per heavy atom. The van der Waals surface area contributed by atoms with Crippen LogP contribution in [-0.4, -0.2) is 47.2 Å². The molecule has 0 spiro atoms. The second-order valence-corrected chi connectivity index (χ2v) is 6.47. The first-order chi connectivity index (χ1) is 11.3. The van der Waals surface area contributed by atoms with Gasteiger partial charge in [0, 0.05) is 5.69 Å². The average molecular weight is 465 g/mol. The Labute approximate surface area is 152 Å². The first-order valence-electron chi connectivity index (χ1n) is 6.46. The van der Waals surface area contributed by atoms with E-state index in [0.29, 0.717) is 5.69 Å². The molecule has 128 valence electrons. The largest absolute Gasteiger partial charge is 0.772 e. The molecule has 24 heavy (non-hydrogen) atoms. The number of amides is 3. The van der Waals surface area contributed by atoms with E-state index < -0.39 is 40.5 Å². The Bertz CT molecular complexity index is 722. The van der Waals surface area contributed by atoms with Crippen LogP contribution in [-0.2, 0) is 30.3 Å². The molecule has 1 heterocycles. The maximum absolute atomic E-state index is 11.9. The number of alkyl halides is 1. The number of nitrogens with one attached hydrogen (secondary N) is 1. The smallest absolute Gasteiger partial charge is 0.363 e. The van der Waals surface area contributed by atoms with Crippen LogP contribution >= 0.6 is 22.6 Å². The van der Waals surface area contributed by atoms with E-state index in [1.54, 1.807) is 0 Å². The van der Waals surface area contributed by atoms with E-state index in [-0.39, 0.29) is 21.0 Å². The summed E-state index contributed by atoms with van der Waals surface area (Å²) in [6, 6.07) is 5.56. The molecule has 1 saturated heterocycles. The van der Waals surface area contributed by atoms with E-state index in [1.807, 2.05) is 22.6 Å². The van der Waals surface area contributed by atoms with Crippen LogP contribution in [0, 0.1) is 0 Å². The monoisotopic (exact) mass is 465 g/mol. The minimum atomic E-state index is -2.78. The molecule has 1 aromatic carbocycles. The van der Waals surface area contributed by atoms with Gasteiger partial charge in [0.25, 0.3) is 11.8 Å². The van der Waals surface area contributed by atoms with Crippen LogP contribution in [0.15, 0.2) is 24.3 Å². The van der Waals surface area contributed by atoms with Crippen molar-refractivity contribution in [3.63, 3.8) is 0 Å². The van der Waals surface area contributed by atoms with Gasteiger partial charge < -0.3 is 14.7 Å². The predicted octanol–water partition coefficient (Wildman–Crippen LogP) is 0.138. The quantitative estimate of drug-likeness (QED) is 0.283. The molecule has 11 heteroatoms. The molecule has 0 saturated carbocycles. The zero-order valence-corrected chi connectivity index (χ0v) is 14.9. The summed E-state index contributed by atoms with van der Waals surface area (Å²) >= 11 is -0.880. The third kappa shape index (κ3) is 4.15. The molecule has 2 atom stereocenters. The van der Waals surface area contributed by atoms with Crippen LogP contribution in [0.25, 0.3) is 0 Å². The second-order valence-electron chi connectivity index (χ2n) is 4.62. The second kappa shape index (κ2) is 7.81. The fourth-order valence-electron chi connectivity index (χ4n) is 1.85. The normalized spacial score (nSPS) is 18.4. The highest BCUT2D eigenvalue weighted by molar-refractivity contribution is 14.1. The summed E-state index contributed by atoms with van der Waals surface area (Å²) in [6.07, 6.45) is -0.566. The fourth-order valence-corrected chi connectivity index (χ4v) is 2.58. The summed E-state index contributed by atoms with van der Waals surface area (Å²) in [4.78, 5) is 51.2. The van der Waals surface area contributed by atoms with Gasteiger partial charge in [0.1, 0.15) is 5.25 Å². The topological polar surface area (TPSA) is 133 Å². The Kier molecular flexibility index (Phi) is 6.01. The number of anilines is 1. The molecule has 2 rings (SSSR count). The molecule has 1 aliphatic rings. The van der Waals surface area contributed by atoms with E-state index in [0.717, 1.165) is 0 Å². The maximum Gasteiger partial charge on any atom is 0.363 e. The summed E-state index contributed by atoms with van der Waals surface area (Å²) in [5.41, 5.74) is 0.484. The van der Waals surface area contributed by atoms with Crippen LogP contribution in [0.4, 0.5) is 5.69 Å². The van der Waals surface area contributed by atoms with Gasteiger partial charge in [-0.15, -0.1) is 5.06 Å². The van der Waals surface area contributed by atoms with Crippen molar-refractivity contribution in [2.75, 3.05) is 9.74 Å². The number of nitrogens with zero attached hydrogens (tertiary/aromatic N) is 1. The minimum Gasteiger partial charge on any atom is -0.772 e. The predicted molar refractivity (Wildman–Crippen MR) is 88.6 cm³/mol. The highest BCUT2D eigenvalue weighted by Crippen LogP contribution is 2.19. The van der Waals surface area contributed by atoms with E-state index >= 15 is 0 Å². The van der Waals surface area contributed by atoms with E-state index in [2.05, 4.69) is 10.2 Å². The van der Waals surface area contributed by atoms with Gasteiger partial charge in [-0.05, 0) is 35.3 Å². The number of hydrogen-bond donors (Lipinski definition) is 1. The van der Waals surface area contributed by atoms with E-state index in [9.17, 15) is 27.9 Å². The molecule has 1 fully saturated rings. The van der Waals surface area contributed by atoms with Gasteiger partial charge in [-0.3, -0.25) is 18.6 Å². The zero-order valence-electron chi connectivity index (χ0n) is 11.9. The highest BCUT2D eigenvalue weighted by atomic mass is 127. The summed E-state index contributed by atoms with van der Waals surface area (Å²) in [6.45, 7) is 0. The lowest BCUT2D eigenvalue weighted by atomic mass is 10.2. The van der Waals surface area contributed by atoms with E-state index in [4.69, 9.17) is 0 Å². The van der Waals surface area contributed by atoms with Crippen molar-refractivity contribution in [3.8, 4) is 0 Å². The molecule has 0 aliphatic carbocycles. The first kappa shape index (κ1) is 18.5. The van der Waals surface area contributed by atoms with Gasteiger partial charge in [-0.2, -0.15) is 0 Å². The first-order valence-corrected chi connectivity index (χ1v) is 9.13. The molecule has 9 nitrogen and oxygen atoms in total. The number of carbonyl (C=O) groups excluding carboxylic acids is 4. The number of imide groups is 1. The van der Waals surface area contributed by atoms with Crippen molar-refractivity contribution in [3.05, 3.63) is 29.8 Å². The molecule has 0 radical (unpaired) electrons. The molecule has 2 unspecified atom stereocenters. The van der Waals surface area contributed by atoms with Crippen molar-refractivity contribution < 1.29 is 32.8 Å². The lowest BCUT2D eigenvalue weighted by molar-refractivity contribution is -0.172. The highest BCUT2D eigenvalue weighted by Gasteiger charge is 2.42. The van der Waals surface area contributed by atoms with Crippen molar-refractivity contribution in [1.29, 1.82) is 0 Å². The third-order valence-electron chi connectivity index (χ3n) is 2.99. The van der Waals surface area contributed by atoms with Crippen LogP contribution in [0.5, 0.6) is 0 Å². The standard InChI is InChI=1S/C13H11IN2O7S/c14-6-10(17)15-8-3-1-7(2-4-8)13(20)23-16-11(18)5-9(12(16)19)24(21)22/h1-4,9H,5-6H2,(H,15,17)(H,21,22)/p-1.